The van der Waals surface area contributed by atoms with Crippen LogP contribution in [0.2, 0.25) is 5.02 Å². The van der Waals surface area contributed by atoms with Gasteiger partial charge in [-0.15, -0.1) is 24.0 Å². The molecule has 1 saturated heterocycles. The molecule has 1 aromatic rings. The Morgan fingerprint density at radius 2 is 1.79 bits per heavy atom. The molecule has 0 amide bonds. The summed E-state index contributed by atoms with van der Waals surface area (Å²) in [6.07, 6.45) is 2.28. The minimum atomic E-state index is -0.249. The van der Waals surface area contributed by atoms with Gasteiger partial charge in [0.2, 0.25) is 0 Å². The number of nitrogens with zero attached hydrogens (tertiary/aromatic N) is 4. The minimum absolute atomic E-state index is 0. The highest BCUT2D eigenvalue weighted by molar-refractivity contribution is 14.0. The molecular formula is C17H27ClFIN4. The van der Waals surface area contributed by atoms with Crippen LogP contribution in [0.3, 0.4) is 0 Å². The van der Waals surface area contributed by atoms with E-state index in [0.717, 1.165) is 31.9 Å². The van der Waals surface area contributed by atoms with Crippen LogP contribution in [-0.2, 0) is 0 Å². The SMILES string of the molecule is CN(C)C(=NCC(c1c(F)cccc1Cl)N1CCCC1)N(C)C.I. The van der Waals surface area contributed by atoms with Crippen LogP contribution in [0.5, 0.6) is 0 Å². The number of rotatable bonds is 4. The molecule has 7 heteroatoms. The smallest absolute Gasteiger partial charge is 0.195 e. The molecule has 0 aliphatic carbocycles. The molecule has 136 valence electrons. The highest BCUT2D eigenvalue weighted by Crippen LogP contribution is 2.32. The third-order valence-electron chi connectivity index (χ3n) is 4.12. The molecule has 0 spiro atoms. The predicted molar refractivity (Wildman–Crippen MR) is 110 cm³/mol. The third-order valence-corrected chi connectivity index (χ3v) is 4.45. The summed E-state index contributed by atoms with van der Waals surface area (Å²) in [7, 11) is 7.83. The molecule has 1 aromatic carbocycles. The Kier molecular flexibility index (Phi) is 8.73. The molecule has 0 aromatic heterocycles. The molecule has 24 heavy (non-hydrogen) atoms. The van der Waals surface area contributed by atoms with Gasteiger partial charge in [-0.2, -0.15) is 0 Å². The van der Waals surface area contributed by atoms with Crippen molar-refractivity contribution in [2.24, 2.45) is 4.99 Å². The first-order chi connectivity index (χ1) is 10.9. The largest absolute Gasteiger partial charge is 0.349 e. The van der Waals surface area contributed by atoms with Crippen molar-refractivity contribution in [3.63, 3.8) is 0 Å². The van der Waals surface area contributed by atoms with E-state index in [9.17, 15) is 4.39 Å². The number of hydrogen-bond donors (Lipinski definition) is 0. The average Bonchev–Trinajstić information content (AvgIpc) is 2.98. The quantitative estimate of drug-likeness (QED) is 0.382. The van der Waals surface area contributed by atoms with Gasteiger partial charge in [-0.05, 0) is 38.1 Å². The second kappa shape index (κ2) is 9.77. The standard InChI is InChI=1S/C17H26ClFN4.HI/c1-21(2)17(22(3)4)20-12-15(23-10-5-6-11-23)16-13(18)8-7-9-14(16)19;/h7-9,15H,5-6,10-12H2,1-4H3;1H. The summed E-state index contributed by atoms with van der Waals surface area (Å²) in [6, 6.07) is 4.76. The summed E-state index contributed by atoms with van der Waals surface area (Å²) >= 11 is 6.31. The van der Waals surface area contributed by atoms with E-state index in [1.54, 1.807) is 12.1 Å². The fourth-order valence-electron chi connectivity index (χ4n) is 3.12. The van der Waals surface area contributed by atoms with Gasteiger partial charge >= 0.3 is 0 Å². The Morgan fingerprint density at radius 1 is 1.21 bits per heavy atom. The van der Waals surface area contributed by atoms with Gasteiger partial charge in [0.25, 0.3) is 0 Å². The van der Waals surface area contributed by atoms with Crippen molar-refractivity contribution in [1.29, 1.82) is 0 Å². The first-order valence-electron chi connectivity index (χ1n) is 7.99. The molecule has 0 saturated carbocycles. The normalized spacial score (nSPS) is 15.6. The molecular weight excluding hydrogens is 442 g/mol. The highest BCUT2D eigenvalue weighted by atomic mass is 127. The number of aliphatic imine (C=N–C) groups is 1. The number of likely N-dealkylation sites (tertiary alicyclic amines) is 1. The van der Waals surface area contributed by atoms with Gasteiger partial charge in [0.05, 0.1) is 12.6 Å². The molecule has 1 unspecified atom stereocenters. The first kappa shape index (κ1) is 21.4. The summed E-state index contributed by atoms with van der Waals surface area (Å²) < 4.78 is 14.4. The van der Waals surface area contributed by atoms with Crippen molar-refractivity contribution >= 4 is 41.5 Å². The number of guanidine groups is 1. The second-order valence-corrected chi connectivity index (χ2v) is 6.73. The van der Waals surface area contributed by atoms with Crippen LogP contribution in [0, 0.1) is 5.82 Å². The van der Waals surface area contributed by atoms with Gasteiger partial charge in [0.1, 0.15) is 5.82 Å². The fraction of sp³-hybridized carbons (Fsp3) is 0.588. The lowest BCUT2D eigenvalue weighted by molar-refractivity contribution is 0.245. The van der Waals surface area contributed by atoms with Crippen molar-refractivity contribution in [3.05, 3.63) is 34.6 Å². The van der Waals surface area contributed by atoms with Gasteiger partial charge in [-0.1, -0.05) is 17.7 Å². The molecule has 1 fully saturated rings. The topological polar surface area (TPSA) is 22.1 Å². The van der Waals surface area contributed by atoms with Crippen LogP contribution >= 0.6 is 35.6 Å². The zero-order chi connectivity index (χ0) is 17.0. The Balaban J connectivity index is 0.00000288. The monoisotopic (exact) mass is 468 g/mol. The van der Waals surface area contributed by atoms with Gasteiger partial charge in [-0.25, -0.2) is 4.39 Å². The van der Waals surface area contributed by atoms with Crippen molar-refractivity contribution in [2.45, 2.75) is 18.9 Å². The summed E-state index contributed by atoms with van der Waals surface area (Å²) in [5.41, 5.74) is 0.566. The van der Waals surface area contributed by atoms with Crippen LogP contribution in [-0.4, -0.2) is 68.5 Å². The van der Waals surface area contributed by atoms with Gasteiger partial charge in [-0.3, -0.25) is 9.89 Å². The number of benzene rings is 1. The van der Waals surface area contributed by atoms with E-state index >= 15 is 0 Å². The van der Waals surface area contributed by atoms with Crippen LogP contribution in [0.4, 0.5) is 4.39 Å². The molecule has 0 radical (unpaired) electrons. The van der Waals surface area contributed by atoms with Crippen LogP contribution < -0.4 is 0 Å². The highest BCUT2D eigenvalue weighted by Gasteiger charge is 2.27. The van der Waals surface area contributed by atoms with E-state index in [2.05, 4.69) is 4.90 Å². The van der Waals surface area contributed by atoms with E-state index < -0.39 is 0 Å². The maximum Gasteiger partial charge on any atom is 0.195 e. The Morgan fingerprint density at radius 3 is 2.29 bits per heavy atom. The maximum atomic E-state index is 14.4. The fourth-order valence-corrected chi connectivity index (χ4v) is 3.41. The van der Waals surface area contributed by atoms with E-state index in [-0.39, 0.29) is 35.8 Å². The molecule has 0 N–H and O–H groups in total. The van der Waals surface area contributed by atoms with Gasteiger partial charge in [0.15, 0.2) is 5.96 Å². The van der Waals surface area contributed by atoms with Crippen LogP contribution in [0.1, 0.15) is 24.4 Å². The summed E-state index contributed by atoms with van der Waals surface area (Å²) in [4.78, 5) is 10.9. The lowest BCUT2D eigenvalue weighted by atomic mass is 10.0. The lowest BCUT2D eigenvalue weighted by Gasteiger charge is -2.29. The van der Waals surface area contributed by atoms with Gasteiger partial charge < -0.3 is 9.80 Å². The maximum absolute atomic E-state index is 14.4. The van der Waals surface area contributed by atoms with E-state index in [1.807, 2.05) is 38.0 Å². The lowest BCUT2D eigenvalue weighted by Crippen LogP contribution is -2.37. The molecule has 2 rings (SSSR count). The molecule has 1 heterocycles. The van der Waals surface area contributed by atoms with Crippen molar-refractivity contribution in [1.82, 2.24) is 14.7 Å². The summed E-state index contributed by atoms with van der Waals surface area (Å²) in [5.74, 6) is 0.613. The van der Waals surface area contributed by atoms with E-state index in [0.29, 0.717) is 17.1 Å². The average molecular weight is 469 g/mol. The minimum Gasteiger partial charge on any atom is -0.349 e. The summed E-state index contributed by atoms with van der Waals surface area (Å²) in [6.45, 7) is 2.42. The summed E-state index contributed by atoms with van der Waals surface area (Å²) in [5, 5.41) is 0.480. The van der Waals surface area contributed by atoms with E-state index in [4.69, 9.17) is 16.6 Å². The molecule has 1 aliphatic rings. The first-order valence-corrected chi connectivity index (χ1v) is 8.36. The molecule has 1 aliphatic heterocycles. The predicted octanol–water partition coefficient (Wildman–Crippen LogP) is 3.71. The number of hydrogen-bond acceptors (Lipinski definition) is 2. The van der Waals surface area contributed by atoms with Crippen molar-refractivity contribution in [3.8, 4) is 0 Å². The third kappa shape index (κ3) is 5.20. The van der Waals surface area contributed by atoms with Crippen LogP contribution in [0.15, 0.2) is 23.2 Å². The Bertz CT molecular complexity index is 529. The Labute approximate surface area is 166 Å². The second-order valence-electron chi connectivity index (χ2n) is 6.32. The molecule has 0 bridgehead atoms. The number of halogens is 3. The van der Waals surface area contributed by atoms with Crippen molar-refractivity contribution in [2.75, 3.05) is 47.8 Å². The zero-order valence-corrected chi connectivity index (χ0v) is 17.9. The van der Waals surface area contributed by atoms with Crippen LogP contribution in [0.25, 0.3) is 0 Å². The van der Waals surface area contributed by atoms with Gasteiger partial charge in [0, 0.05) is 38.8 Å². The molecule has 4 nitrogen and oxygen atoms in total. The zero-order valence-electron chi connectivity index (χ0n) is 14.8. The van der Waals surface area contributed by atoms with E-state index in [1.165, 1.54) is 6.07 Å². The molecule has 1 atom stereocenters. The van der Waals surface area contributed by atoms with Crippen molar-refractivity contribution < 1.29 is 4.39 Å². The Hall–Kier alpha value is -0.600.